The Morgan fingerprint density at radius 2 is 2.07 bits per heavy atom. The number of nitrogens with one attached hydrogen (secondary N) is 1. The van der Waals surface area contributed by atoms with Crippen molar-refractivity contribution in [1.82, 2.24) is 20.4 Å². The molecule has 7 nitrogen and oxygen atoms in total. The highest BCUT2D eigenvalue weighted by Crippen LogP contribution is 2.20. The molecule has 3 rings (SSSR count). The first-order chi connectivity index (χ1) is 12.9. The molecule has 2 heterocycles. The fraction of sp³-hybridized carbons (Fsp3) is 0.500. The number of amides is 2. The molecular formula is C20H26N4O3. The van der Waals surface area contributed by atoms with Crippen molar-refractivity contribution in [3.05, 3.63) is 47.1 Å². The van der Waals surface area contributed by atoms with Crippen LogP contribution in [0.25, 0.3) is 0 Å². The molecule has 144 valence electrons. The Hall–Kier alpha value is -2.70. The molecule has 0 unspecified atom stereocenters. The number of hydrogen-bond donors (Lipinski definition) is 1. The van der Waals surface area contributed by atoms with Crippen LogP contribution in [0.2, 0.25) is 0 Å². The number of aromatic nitrogens is 2. The highest BCUT2D eigenvalue weighted by Gasteiger charge is 2.34. The molecular weight excluding hydrogens is 344 g/mol. The molecule has 2 aromatic rings. The molecule has 1 aromatic heterocycles. The Morgan fingerprint density at radius 3 is 2.74 bits per heavy atom. The zero-order chi connectivity index (χ0) is 19.4. The standard InChI is InChI=1S/C20H26N4O3/c1-13(2)19-22-17(27-23-19)8-9-21-20(26)16-10-18(25)24(12-16)11-15-6-4-14(3)5-7-15/h4-7,13,16H,8-12H2,1-3H3,(H,21,26)/t16-/m0/s1. The van der Waals surface area contributed by atoms with Gasteiger partial charge in [-0.1, -0.05) is 48.8 Å². The number of carbonyl (C=O) groups is 2. The van der Waals surface area contributed by atoms with E-state index in [0.29, 0.717) is 37.8 Å². The molecule has 1 N–H and O–H groups in total. The minimum absolute atomic E-state index is 0.0224. The van der Waals surface area contributed by atoms with Gasteiger partial charge in [-0.2, -0.15) is 4.98 Å². The lowest BCUT2D eigenvalue weighted by molar-refractivity contribution is -0.129. The van der Waals surface area contributed by atoms with Crippen molar-refractivity contribution < 1.29 is 14.1 Å². The zero-order valence-electron chi connectivity index (χ0n) is 16.1. The molecule has 1 saturated heterocycles. The summed E-state index contributed by atoms with van der Waals surface area (Å²) in [6.45, 7) is 7.44. The normalized spacial score (nSPS) is 17.0. The molecule has 0 radical (unpaired) electrons. The van der Waals surface area contributed by atoms with Gasteiger partial charge in [0, 0.05) is 38.4 Å². The van der Waals surface area contributed by atoms with Crippen molar-refractivity contribution in [1.29, 1.82) is 0 Å². The van der Waals surface area contributed by atoms with Gasteiger partial charge in [-0.05, 0) is 12.5 Å². The fourth-order valence-corrected chi connectivity index (χ4v) is 3.06. The van der Waals surface area contributed by atoms with E-state index in [1.807, 2.05) is 45.0 Å². The average molecular weight is 370 g/mol. The molecule has 1 aromatic carbocycles. The molecule has 0 aliphatic carbocycles. The van der Waals surface area contributed by atoms with E-state index in [2.05, 4.69) is 15.5 Å². The van der Waals surface area contributed by atoms with Gasteiger partial charge in [0.1, 0.15) is 0 Å². The van der Waals surface area contributed by atoms with Gasteiger partial charge >= 0.3 is 0 Å². The molecule has 0 bridgehead atoms. The summed E-state index contributed by atoms with van der Waals surface area (Å²) in [7, 11) is 0. The van der Waals surface area contributed by atoms with Crippen molar-refractivity contribution in [2.75, 3.05) is 13.1 Å². The van der Waals surface area contributed by atoms with Crippen molar-refractivity contribution in [2.45, 2.75) is 46.1 Å². The molecule has 27 heavy (non-hydrogen) atoms. The van der Waals surface area contributed by atoms with E-state index >= 15 is 0 Å². The summed E-state index contributed by atoms with van der Waals surface area (Å²) in [4.78, 5) is 30.7. The van der Waals surface area contributed by atoms with E-state index < -0.39 is 0 Å². The first kappa shape index (κ1) is 19.1. The molecule has 1 aliphatic heterocycles. The van der Waals surface area contributed by atoms with Crippen molar-refractivity contribution in [3.8, 4) is 0 Å². The van der Waals surface area contributed by atoms with Crippen LogP contribution in [-0.4, -0.2) is 39.9 Å². The second kappa shape index (κ2) is 8.33. The predicted octanol–water partition coefficient (Wildman–Crippen LogP) is 2.21. The van der Waals surface area contributed by atoms with Gasteiger partial charge in [0.15, 0.2) is 5.82 Å². The van der Waals surface area contributed by atoms with Gasteiger partial charge in [0.2, 0.25) is 17.7 Å². The molecule has 7 heteroatoms. The summed E-state index contributed by atoms with van der Waals surface area (Å²) in [6.07, 6.45) is 0.745. The highest BCUT2D eigenvalue weighted by molar-refractivity contribution is 5.89. The first-order valence-electron chi connectivity index (χ1n) is 9.36. The van der Waals surface area contributed by atoms with E-state index in [-0.39, 0.29) is 30.1 Å². The van der Waals surface area contributed by atoms with E-state index in [9.17, 15) is 9.59 Å². The van der Waals surface area contributed by atoms with Crippen LogP contribution in [0.1, 0.15) is 49.0 Å². The summed E-state index contributed by atoms with van der Waals surface area (Å²) in [6, 6.07) is 8.10. The van der Waals surface area contributed by atoms with Gasteiger partial charge in [0.25, 0.3) is 0 Å². The number of rotatable bonds is 7. The fourth-order valence-electron chi connectivity index (χ4n) is 3.06. The summed E-state index contributed by atoms with van der Waals surface area (Å²) in [5.74, 6) is 1.01. The number of likely N-dealkylation sites (tertiary alicyclic amines) is 1. The van der Waals surface area contributed by atoms with Crippen LogP contribution in [0.3, 0.4) is 0 Å². The predicted molar refractivity (Wildman–Crippen MR) is 99.8 cm³/mol. The number of nitrogens with zero attached hydrogens (tertiary/aromatic N) is 3. The average Bonchev–Trinajstić information content (AvgIpc) is 3.24. The molecule has 1 aliphatic rings. The van der Waals surface area contributed by atoms with Gasteiger partial charge < -0.3 is 14.7 Å². The van der Waals surface area contributed by atoms with Crippen LogP contribution in [0.4, 0.5) is 0 Å². The van der Waals surface area contributed by atoms with Crippen molar-refractivity contribution >= 4 is 11.8 Å². The van der Waals surface area contributed by atoms with Gasteiger partial charge in [-0.3, -0.25) is 9.59 Å². The Balaban J connectivity index is 1.46. The third-order valence-corrected chi connectivity index (χ3v) is 4.72. The number of hydrogen-bond acceptors (Lipinski definition) is 5. The van der Waals surface area contributed by atoms with Crippen LogP contribution >= 0.6 is 0 Å². The third kappa shape index (κ3) is 4.93. The highest BCUT2D eigenvalue weighted by atomic mass is 16.5. The maximum absolute atomic E-state index is 12.4. The van der Waals surface area contributed by atoms with E-state index in [4.69, 9.17) is 4.52 Å². The first-order valence-corrected chi connectivity index (χ1v) is 9.36. The van der Waals surface area contributed by atoms with Crippen LogP contribution in [0.15, 0.2) is 28.8 Å². The molecule has 1 atom stereocenters. The number of carbonyl (C=O) groups excluding carboxylic acids is 2. The minimum Gasteiger partial charge on any atom is -0.355 e. The molecule has 2 amide bonds. The van der Waals surface area contributed by atoms with Gasteiger partial charge in [-0.15, -0.1) is 0 Å². The molecule has 0 spiro atoms. The minimum atomic E-state index is -0.308. The summed E-state index contributed by atoms with van der Waals surface area (Å²) < 4.78 is 5.17. The SMILES string of the molecule is Cc1ccc(CN2C[C@@H](C(=O)NCCc3nc(C(C)C)no3)CC2=O)cc1. The van der Waals surface area contributed by atoms with Crippen LogP contribution in [-0.2, 0) is 22.6 Å². The topological polar surface area (TPSA) is 88.3 Å². The van der Waals surface area contributed by atoms with E-state index in [1.165, 1.54) is 5.56 Å². The van der Waals surface area contributed by atoms with Gasteiger partial charge in [-0.25, -0.2) is 0 Å². The molecule has 1 fully saturated rings. The van der Waals surface area contributed by atoms with Crippen LogP contribution < -0.4 is 5.32 Å². The lowest BCUT2D eigenvalue weighted by Crippen LogP contribution is -2.34. The second-order valence-corrected chi connectivity index (χ2v) is 7.40. The second-order valence-electron chi connectivity index (χ2n) is 7.40. The smallest absolute Gasteiger partial charge is 0.228 e. The number of aryl methyl sites for hydroxylation is 1. The zero-order valence-corrected chi connectivity index (χ0v) is 16.1. The van der Waals surface area contributed by atoms with Crippen LogP contribution in [0.5, 0.6) is 0 Å². The monoisotopic (exact) mass is 370 g/mol. The van der Waals surface area contributed by atoms with E-state index in [0.717, 1.165) is 5.56 Å². The molecule has 0 saturated carbocycles. The van der Waals surface area contributed by atoms with Crippen molar-refractivity contribution in [2.24, 2.45) is 5.92 Å². The summed E-state index contributed by atoms with van der Waals surface area (Å²) in [5.41, 5.74) is 2.26. The van der Waals surface area contributed by atoms with Gasteiger partial charge in [0.05, 0.1) is 5.92 Å². The number of benzene rings is 1. The largest absolute Gasteiger partial charge is 0.355 e. The Labute approximate surface area is 159 Å². The Kier molecular flexibility index (Phi) is 5.88. The lowest BCUT2D eigenvalue weighted by Gasteiger charge is -2.16. The van der Waals surface area contributed by atoms with Crippen molar-refractivity contribution in [3.63, 3.8) is 0 Å². The Morgan fingerprint density at radius 1 is 1.33 bits per heavy atom. The van der Waals surface area contributed by atoms with E-state index in [1.54, 1.807) is 4.90 Å². The summed E-state index contributed by atoms with van der Waals surface area (Å²) in [5, 5.41) is 6.78. The van der Waals surface area contributed by atoms with Crippen LogP contribution in [0, 0.1) is 12.8 Å². The lowest BCUT2D eigenvalue weighted by atomic mass is 10.1. The Bertz CT molecular complexity index is 798. The summed E-state index contributed by atoms with van der Waals surface area (Å²) >= 11 is 0. The quantitative estimate of drug-likeness (QED) is 0.807. The maximum atomic E-state index is 12.4. The third-order valence-electron chi connectivity index (χ3n) is 4.72. The maximum Gasteiger partial charge on any atom is 0.228 e.